The van der Waals surface area contributed by atoms with E-state index in [0.717, 1.165) is 0 Å². The molecule has 92 valence electrons. The molecule has 1 heterocycles. The molecule has 2 rings (SSSR count). The molecule has 0 saturated heterocycles. The number of carboxylic acids is 1. The first kappa shape index (κ1) is 12.3. The second-order valence-corrected chi connectivity index (χ2v) is 3.87. The van der Waals surface area contributed by atoms with E-state index in [9.17, 15) is 4.79 Å². The Morgan fingerprint density at radius 1 is 1.39 bits per heavy atom. The summed E-state index contributed by atoms with van der Waals surface area (Å²) in [6.07, 6.45) is 4.64. The van der Waals surface area contributed by atoms with Gasteiger partial charge in [0, 0.05) is 17.4 Å². The van der Waals surface area contributed by atoms with Gasteiger partial charge >= 0.3 is 5.97 Å². The van der Waals surface area contributed by atoms with E-state index < -0.39 is 5.97 Å². The second-order valence-electron chi connectivity index (χ2n) is 3.43. The van der Waals surface area contributed by atoms with Crippen LogP contribution in [0.15, 0.2) is 36.8 Å². The number of aromatic nitrogens is 2. The maximum atomic E-state index is 11.0. The van der Waals surface area contributed by atoms with Crippen LogP contribution in [0.3, 0.4) is 0 Å². The number of aromatic carboxylic acids is 1. The number of rotatable bonds is 4. The molecule has 5 nitrogen and oxygen atoms in total. The predicted molar refractivity (Wildman–Crippen MR) is 64.8 cm³/mol. The number of hydrogen-bond donors (Lipinski definition) is 1. The molecule has 0 aliphatic rings. The molecule has 18 heavy (non-hydrogen) atoms. The van der Waals surface area contributed by atoms with Gasteiger partial charge in [0.25, 0.3) is 0 Å². The molecule has 0 saturated carbocycles. The van der Waals surface area contributed by atoms with Gasteiger partial charge in [0.15, 0.2) is 0 Å². The van der Waals surface area contributed by atoms with Crippen LogP contribution in [0.2, 0.25) is 5.02 Å². The van der Waals surface area contributed by atoms with Crippen molar-refractivity contribution < 1.29 is 14.6 Å². The van der Waals surface area contributed by atoms with Crippen LogP contribution >= 0.6 is 11.6 Å². The normalized spacial score (nSPS) is 10.1. The number of benzene rings is 1. The highest BCUT2D eigenvalue weighted by Crippen LogP contribution is 2.23. The lowest BCUT2D eigenvalue weighted by atomic mass is 10.2. The van der Waals surface area contributed by atoms with Gasteiger partial charge in [0.05, 0.1) is 11.9 Å². The lowest BCUT2D eigenvalue weighted by molar-refractivity contribution is 0.0691. The summed E-state index contributed by atoms with van der Waals surface area (Å²) in [7, 11) is 0. The van der Waals surface area contributed by atoms with Crippen molar-refractivity contribution in [3.63, 3.8) is 0 Å². The van der Waals surface area contributed by atoms with Crippen molar-refractivity contribution >= 4 is 17.6 Å². The van der Waals surface area contributed by atoms with E-state index in [0.29, 0.717) is 10.7 Å². The molecule has 0 amide bonds. The van der Waals surface area contributed by atoms with Gasteiger partial charge in [-0.25, -0.2) is 4.79 Å². The number of carbonyl (C=O) groups is 1. The van der Waals surface area contributed by atoms with Gasteiger partial charge in [-0.2, -0.15) is 0 Å². The summed E-state index contributed by atoms with van der Waals surface area (Å²) in [4.78, 5) is 18.9. The fraction of sp³-hybridized carbons (Fsp3) is 0.0833. The van der Waals surface area contributed by atoms with E-state index in [-0.39, 0.29) is 17.9 Å². The minimum Gasteiger partial charge on any atom is -0.486 e. The number of halogens is 1. The highest BCUT2D eigenvalue weighted by atomic mass is 35.5. The average molecular weight is 265 g/mol. The van der Waals surface area contributed by atoms with Gasteiger partial charge in [0.1, 0.15) is 17.9 Å². The fourth-order valence-electron chi connectivity index (χ4n) is 1.35. The van der Waals surface area contributed by atoms with E-state index in [1.165, 1.54) is 12.1 Å². The van der Waals surface area contributed by atoms with Crippen molar-refractivity contribution in [2.45, 2.75) is 6.61 Å². The topological polar surface area (TPSA) is 72.3 Å². The Bertz CT molecular complexity index is 561. The molecule has 0 aliphatic heterocycles. The molecule has 1 N–H and O–H groups in total. The molecule has 1 aromatic heterocycles. The first-order valence-electron chi connectivity index (χ1n) is 5.07. The van der Waals surface area contributed by atoms with Crippen LogP contribution < -0.4 is 4.74 Å². The van der Waals surface area contributed by atoms with Gasteiger partial charge in [0.2, 0.25) is 0 Å². The molecule has 0 bridgehead atoms. The van der Waals surface area contributed by atoms with Gasteiger partial charge in [-0.05, 0) is 18.2 Å². The lowest BCUT2D eigenvalue weighted by Gasteiger charge is -2.08. The zero-order valence-corrected chi connectivity index (χ0v) is 9.96. The Kier molecular flexibility index (Phi) is 3.74. The Hall–Kier alpha value is -2.14. The summed E-state index contributed by atoms with van der Waals surface area (Å²) in [5.41, 5.74) is 0.634. The lowest BCUT2D eigenvalue weighted by Crippen LogP contribution is -2.04. The molecular weight excluding hydrogens is 256 g/mol. The van der Waals surface area contributed by atoms with Crippen molar-refractivity contribution in [3.05, 3.63) is 53.1 Å². The quantitative estimate of drug-likeness (QED) is 0.918. The number of carboxylic acid groups (broad SMARTS) is 1. The monoisotopic (exact) mass is 264 g/mol. The van der Waals surface area contributed by atoms with Crippen molar-refractivity contribution in [2.75, 3.05) is 0 Å². The Morgan fingerprint density at radius 3 is 2.89 bits per heavy atom. The van der Waals surface area contributed by atoms with E-state index in [2.05, 4.69) is 9.97 Å². The zero-order chi connectivity index (χ0) is 13.0. The van der Waals surface area contributed by atoms with E-state index >= 15 is 0 Å². The first-order valence-corrected chi connectivity index (χ1v) is 5.45. The second kappa shape index (κ2) is 5.46. The molecule has 0 aliphatic carbocycles. The van der Waals surface area contributed by atoms with E-state index in [1.807, 2.05) is 0 Å². The van der Waals surface area contributed by atoms with Crippen molar-refractivity contribution in [3.8, 4) is 5.75 Å². The van der Waals surface area contributed by atoms with Crippen molar-refractivity contribution in [1.29, 1.82) is 0 Å². The minimum atomic E-state index is -1.09. The molecular formula is C12H9ClN2O3. The predicted octanol–water partition coefficient (Wildman–Crippen LogP) is 2.41. The van der Waals surface area contributed by atoms with Gasteiger partial charge in [-0.15, -0.1) is 0 Å². The summed E-state index contributed by atoms with van der Waals surface area (Å²) in [6, 6.07) is 4.43. The number of hydrogen-bond acceptors (Lipinski definition) is 4. The summed E-state index contributed by atoms with van der Waals surface area (Å²) >= 11 is 5.74. The van der Waals surface area contributed by atoms with Gasteiger partial charge < -0.3 is 9.84 Å². The number of ether oxygens (including phenoxy) is 1. The minimum absolute atomic E-state index is 0.0198. The third-order valence-electron chi connectivity index (χ3n) is 2.16. The molecule has 0 fully saturated rings. The van der Waals surface area contributed by atoms with Crippen LogP contribution in [-0.2, 0) is 6.61 Å². The summed E-state index contributed by atoms with van der Waals surface area (Å²) < 4.78 is 5.40. The highest BCUT2D eigenvalue weighted by Gasteiger charge is 2.12. The van der Waals surface area contributed by atoms with E-state index in [4.69, 9.17) is 21.4 Å². The third-order valence-corrected chi connectivity index (χ3v) is 2.40. The SMILES string of the molecule is O=C(O)c1cc(Cl)ccc1OCc1cnccn1. The Morgan fingerprint density at radius 2 is 2.22 bits per heavy atom. The van der Waals surface area contributed by atoms with Gasteiger partial charge in [-0.1, -0.05) is 11.6 Å². The molecule has 0 radical (unpaired) electrons. The molecule has 1 aromatic carbocycles. The molecule has 2 aromatic rings. The fourth-order valence-corrected chi connectivity index (χ4v) is 1.52. The zero-order valence-electron chi connectivity index (χ0n) is 9.21. The van der Waals surface area contributed by atoms with Crippen LogP contribution in [0.5, 0.6) is 5.75 Å². The average Bonchev–Trinajstić information content (AvgIpc) is 2.38. The number of nitrogens with zero attached hydrogens (tertiary/aromatic N) is 2. The van der Waals surface area contributed by atoms with Crippen LogP contribution in [0.1, 0.15) is 16.1 Å². The summed E-state index contributed by atoms with van der Waals surface area (Å²) in [5, 5.41) is 9.37. The molecule has 0 spiro atoms. The highest BCUT2D eigenvalue weighted by molar-refractivity contribution is 6.31. The molecule has 0 atom stereocenters. The molecule has 6 heteroatoms. The molecule has 0 unspecified atom stereocenters. The Balaban J connectivity index is 2.17. The Labute approximate surface area is 108 Å². The van der Waals surface area contributed by atoms with Gasteiger partial charge in [-0.3, -0.25) is 9.97 Å². The van der Waals surface area contributed by atoms with E-state index in [1.54, 1.807) is 24.7 Å². The van der Waals surface area contributed by atoms with Crippen LogP contribution in [0.25, 0.3) is 0 Å². The van der Waals surface area contributed by atoms with Crippen molar-refractivity contribution in [1.82, 2.24) is 9.97 Å². The van der Waals surface area contributed by atoms with Crippen LogP contribution in [0, 0.1) is 0 Å². The van der Waals surface area contributed by atoms with Crippen LogP contribution in [0.4, 0.5) is 0 Å². The first-order chi connectivity index (χ1) is 8.66. The third kappa shape index (κ3) is 2.95. The maximum absolute atomic E-state index is 11.0. The largest absolute Gasteiger partial charge is 0.486 e. The van der Waals surface area contributed by atoms with Crippen LogP contribution in [-0.4, -0.2) is 21.0 Å². The summed E-state index contributed by atoms with van der Waals surface area (Å²) in [5.74, 6) is -0.843. The van der Waals surface area contributed by atoms with Crippen molar-refractivity contribution in [2.24, 2.45) is 0 Å². The maximum Gasteiger partial charge on any atom is 0.339 e. The summed E-state index contributed by atoms with van der Waals surface area (Å²) in [6.45, 7) is 0.149. The standard InChI is InChI=1S/C12H9ClN2O3/c13-8-1-2-11(10(5-8)12(16)17)18-7-9-6-14-3-4-15-9/h1-6H,7H2,(H,16,17). The smallest absolute Gasteiger partial charge is 0.339 e.